The molecular weight excluding hydrogens is 417 g/mol. The Morgan fingerprint density at radius 2 is 1.90 bits per heavy atom. The van der Waals surface area contributed by atoms with E-state index in [2.05, 4.69) is 15.5 Å². The van der Waals surface area contributed by atoms with Crippen molar-refractivity contribution in [1.82, 2.24) is 20.1 Å². The number of carbonyl (C=O) groups is 2. The van der Waals surface area contributed by atoms with E-state index in [1.165, 1.54) is 30.0 Å². The fourth-order valence-electron chi connectivity index (χ4n) is 2.95. The number of benzene rings is 2. The molecule has 1 amide bonds. The molecule has 2 aromatic carbocycles. The third kappa shape index (κ3) is 5.16. The lowest BCUT2D eigenvalue weighted by atomic mass is 10.1. The van der Waals surface area contributed by atoms with E-state index in [1.807, 2.05) is 17.6 Å². The summed E-state index contributed by atoms with van der Waals surface area (Å²) in [5.41, 5.74) is 0.963. The molecule has 0 saturated carbocycles. The number of nitriles is 1. The van der Waals surface area contributed by atoms with Gasteiger partial charge in [0.15, 0.2) is 16.8 Å². The van der Waals surface area contributed by atoms with Gasteiger partial charge in [-0.05, 0) is 38.1 Å². The number of aromatic nitrogens is 3. The van der Waals surface area contributed by atoms with E-state index in [9.17, 15) is 14.0 Å². The zero-order chi connectivity index (χ0) is 22.4. The Morgan fingerprint density at radius 3 is 2.55 bits per heavy atom. The van der Waals surface area contributed by atoms with Crippen molar-refractivity contribution in [3.8, 4) is 6.07 Å². The number of nitrogens with zero attached hydrogens (tertiary/aromatic N) is 4. The van der Waals surface area contributed by atoms with Crippen molar-refractivity contribution >= 4 is 23.5 Å². The van der Waals surface area contributed by atoms with Crippen LogP contribution in [0.3, 0.4) is 0 Å². The monoisotopic (exact) mass is 437 g/mol. The molecule has 3 aromatic rings. The second-order valence-corrected chi connectivity index (χ2v) is 7.60. The van der Waals surface area contributed by atoms with Crippen LogP contribution in [0.4, 0.5) is 4.39 Å². The lowest BCUT2D eigenvalue weighted by Crippen LogP contribution is -2.29. The van der Waals surface area contributed by atoms with Crippen LogP contribution in [0.2, 0.25) is 0 Å². The lowest BCUT2D eigenvalue weighted by molar-refractivity contribution is 0.0932. The second kappa shape index (κ2) is 10.00. The summed E-state index contributed by atoms with van der Waals surface area (Å²) in [6, 6.07) is 13.7. The van der Waals surface area contributed by atoms with Crippen LogP contribution in [-0.4, -0.2) is 32.2 Å². The van der Waals surface area contributed by atoms with Crippen LogP contribution in [0.15, 0.2) is 53.7 Å². The number of rotatable bonds is 8. The molecule has 0 saturated heterocycles. The molecule has 0 spiro atoms. The van der Waals surface area contributed by atoms with Crippen LogP contribution in [0.25, 0.3) is 0 Å². The van der Waals surface area contributed by atoms with Crippen molar-refractivity contribution < 1.29 is 14.0 Å². The van der Waals surface area contributed by atoms with Crippen LogP contribution in [0.1, 0.15) is 52.0 Å². The smallest absolute Gasteiger partial charge is 0.254 e. The molecule has 158 valence electrons. The molecule has 1 aromatic heterocycles. The summed E-state index contributed by atoms with van der Waals surface area (Å²) < 4.78 is 15.7. The van der Waals surface area contributed by atoms with Crippen LogP contribution < -0.4 is 5.32 Å². The first-order valence-electron chi connectivity index (χ1n) is 9.59. The van der Waals surface area contributed by atoms with Gasteiger partial charge in [-0.25, -0.2) is 4.39 Å². The quantitative estimate of drug-likeness (QED) is 0.425. The topological polar surface area (TPSA) is 101 Å². The van der Waals surface area contributed by atoms with Gasteiger partial charge in [-0.1, -0.05) is 36.0 Å². The molecule has 0 unspecified atom stereocenters. The fourth-order valence-corrected chi connectivity index (χ4v) is 3.86. The molecule has 0 aliphatic heterocycles. The van der Waals surface area contributed by atoms with E-state index >= 15 is 0 Å². The number of halogens is 1. The van der Waals surface area contributed by atoms with Crippen molar-refractivity contribution in [2.75, 3.05) is 5.75 Å². The number of carbonyl (C=O) groups excluding carboxylic acids is 2. The van der Waals surface area contributed by atoms with Crippen LogP contribution in [0, 0.1) is 17.1 Å². The summed E-state index contributed by atoms with van der Waals surface area (Å²) >= 11 is 1.24. The van der Waals surface area contributed by atoms with Gasteiger partial charge in [-0.15, -0.1) is 10.2 Å². The number of thioether (sulfide) groups is 1. The van der Waals surface area contributed by atoms with Gasteiger partial charge in [0, 0.05) is 12.1 Å². The number of Topliss-reactive ketones (excluding diaryl/α,β-unsaturated/α-hetero) is 1. The van der Waals surface area contributed by atoms with Gasteiger partial charge < -0.3 is 9.88 Å². The molecule has 1 N–H and O–H groups in total. The zero-order valence-electron chi connectivity index (χ0n) is 17.0. The second-order valence-electron chi connectivity index (χ2n) is 6.66. The predicted molar refractivity (Wildman–Crippen MR) is 114 cm³/mol. The van der Waals surface area contributed by atoms with Crippen LogP contribution in [0.5, 0.6) is 0 Å². The van der Waals surface area contributed by atoms with E-state index in [-0.39, 0.29) is 17.1 Å². The molecule has 0 radical (unpaired) electrons. The third-order valence-corrected chi connectivity index (χ3v) is 5.55. The van der Waals surface area contributed by atoms with E-state index in [4.69, 9.17) is 5.26 Å². The maximum atomic E-state index is 13.9. The van der Waals surface area contributed by atoms with Gasteiger partial charge in [-0.2, -0.15) is 5.26 Å². The number of amides is 1. The summed E-state index contributed by atoms with van der Waals surface area (Å²) in [6.07, 6.45) is 0. The minimum atomic E-state index is -0.596. The highest BCUT2D eigenvalue weighted by Crippen LogP contribution is 2.22. The molecule has 9 heteroatoms. The summed E-state index contributed by atoms with van der Waals surface area (Å²) in [5.74, 6) is -0.564. The van der Waals surface area contributed by atoms with Crippen LogP contribution in [-0.2, 0) is 6.54 Å². The Labute approximate surface area is 183 Å². The first-order chi connectivity index (χ1) is 14.9. The normalized spacial score (nSPS) is 11.5. The third-order valence-electron chi connectivity index (χ3n) is 4.58. The Balaban J connectivity index is 1.68. The molecule has 1 atom stereocenters. The molecule has 1 heterocycles. The Morgan fingerprint density at radius 1 is 1.19 bits per heavy atom. The maximum Gasteiger partial charge on any atom is 0.254 e. The lowest BCUT2D eigenvalue weighted by Gasteiger charge is -2.15. The largest absolute Gasteiger partial charge is 0.342 e. The van der Waals surface area contributed by atoms with Gasteiger partial charge >= 0.3 is 0 Å². The van der Waals surface area contributed by atoms with E-state index in [1.54, 1.807) is 37.3 Å². The molecule has 7 nitrogen and oxygen atoms in total. The predicted octanol–water partition coefficient (Wildman–Crippen LogP) is 3.77. The summed E-state index contributed by atoms with van der Waals surface area (Å²) in [6.45, 7) is 4.19. The van der Waals surface area contributed by atoms with E-state index in [0.29, 0.717) is 28.7 Å². The van der Waals surface area contributed by atoms with Crippen LogP contribution >= 0.6 is 11.8 Å². The van der Waals surface area contributed by atoms with Gasteiger partial charge in [0.1, 0.15) is 5.82 Å². The molecular formula is C22H20FN5O2S. The molecule has 0 aliphatic rings. The van der Waals surface area contributed by atoms with E-state index in [0.717, 1.165) is 0 Å². The molecule has 3 rings (SSSR count). The number of ketones is 1. The number of hydrogen-bond donors (Lipinski definition) is 1. The number of nitrogens with one attached hydrogen (secondary N) is 1. The SMILES string of the molecule is CCn1c(SCC(=O)c2ccc(C#N)cc2)nnc1[C@H](C)NC(=O)c1ccccc1F. The van der Waals surface area contributed by atoms with E-state index < -0.39 is 17.8 Å². The summed E-state index contributed by atoms with van der Waals surface area (Å²) in [4.78, 5) is 24.8. The highest BCUT2D eigenvalue weighted by molar-refractivity contribution is 7.99. The van der Waals surface area contributed by atoms with Gasteiger partial charge in [0.25, 0.3) is 5.91 Å². The summed E-state index contributed by atoms with van der Waals surface area (Å²) in [5, 5.41) is 20.5. The Bertz CT molecular complexity index is 1140. The average Bonchev–Trinajstić information content (AvgIpc) is 3.20. The minimum absolute atomic E-state index is 0.0421. The Hall–Kier alpha value is -3.51. The molecule has 31 heavy (non-hydrogen) atoms. The van der Waals surface area contributed by atoms with Gasteiger partial charge in [0.05, 0.1) is 29.0 Å². The maximum absolute atomic E-state index is 13.9. The standard InChI is InChI=1S/C22H20FN5O2S/c1-3-28-20(14(2)25-21(30)17-6-4-5-7-18(17)23)26-27-22(28)31-13-19(29)16-10-8-15(12-24)9-11-16/h4-11,14H,3,13H2,1-2H3,(H,25,30)/t14-/m0/s1. The Kier molecular flexibility index (Phi) is 7.15. The molecule has 0 aliphatic carbocycles. The van der Waals surface area contributed by atoms with Crippen molar-refractivity contribution in [2.45, 2.75) is 31.6 Å². The first-order valence-corrected chi connectivity index (χ1v) is 10.6. The van der Waals surface area contributed by atoms with Gasteiger partial charge in [-0.3, -0.25) is 9.59 Å². The zero-order valence-corrected chi connectivity index (χ0v) is 17.8. The minimum Gasteiger partial charge on any atom is -0.342 e. The first kappa shape index (κ1) is 22.2. The highest BCUT2D eigenvalue weighted by atomic mass is 32.2. The molecule has 0 bridgehead atoms. The molecule has 0 fully saturated rings. The summed E-state index contributed by atoms with van der Waals surface area (Å²) in [7, 11) is 0. The number of hydrogen-bond acceptors (Lipinski definition) is 6. The van der Waals surface area contributed by atoms with Gasteiger partial charge in [0.2, 0.25) is 0 Å². The van der Waals surface area contributed by atoms with Crippen molar-refractivity contribution in [3.05, 3.63) is 76.9 Å². The van der Waals surface area contributed by atoms with Crippen molar-refractivity contribution in [2.24, 2.45) is 0 Å². The highest BCUT2D eigenvalue weighted by Gasteiger charge is 2.21. The van der Waals surface area contributed by atoms with Crippen molar-refractivity contribution in [1.29, 1.82) is 5.26 Å². The average molecular weight is 438 g/mol. The van der Waals surface area contributed by atoms with Crippen molar-refractivity contribution in [3.63, 3.8) is 0 Å². The fraction of sp³-hybridized carbons (Fsp3) is 0.227.